The minimum Gasteiger partial charge on any atom is -0.350 e. The van der Waals surface area contributed by atoms with Crippen molar-refractivity contribution in [3.05, 3.63) is 35.4 Å². The van der Waals surface area contributed by atoms with Crippen LogP contribution in [0.2, 0.25) is 0 Å². The van der Waals surface area contributed by atoms with Crippen LogP contribution in [0.1, 0.15) is 58.7 Å². The third-order valence-corrected chi connectivity index (χ3v) is 3.63. The van der Waals surface area contributed by atoms with E-state index in [1.54, 1.807) is 7.05 Å². The monoisotopic (exact) mass is 474 g/mol. The van der Waals surface area contributed by atoms with E-state index in [2.05, 4.69) is 66.0 Å². The molecule has 148 valence electrons. The lowest BCUT2D eigenvalue weighted by molar-refractivity contribution is -0.121. The summed E-state index contributed by atoms with van der Waals surface area (Å²) in [7, 11) is 1.70. The number of guanidine groups is 1. The third-order valence-electron chi connectivity index (χ3n) is 3.63. The topological polar surface area (TPSA) is 65.5 Å². The van der Waals surface area contributed by atoms with E-state index >= 15 is 0 Å². The van der Waals surface area contributed by atoms with Crippen molar-refractivity contribution in [3.8, 4) is 0 Å². The molecule has 1 amide bonds. The molecule has 0 radical (unpaired) electrons. The Kier molecular flexibility index (Phi) is 10.8. The van der Waals surface area contributed by atoms with Gasteiger partial charge in [0, 0.05) is 12.6 Å². The number of rotatable bonds is 6. The van der Waals surface area contributed by atoms with Crippen LogP contribution in [0.5, 0.6) is 0 Å². The Labute approximate surface area is 175 Å². The van der Waals surface area contributed by atoms with Gasteiger partial charge in [0.05, 0.1) is 12.6 Å². The largest absolute Gasteiger partial charge is 0.350 e. The first-order chi connectivity index (χ1) is 11.6. The van der Waals surface area contributed by atoms with Crippen molar-refractivity contribution in [1.82, 2.24) is 16.0 Å². The molecule has 0 saturated carbocycles. The summed E-state index contributed by atoms with van der Waals surface area (Å²) in [4.78, 5) is 16.1. The van der Waals surface area contributed by atoms with Gasteiger partial charge in [0.25, 0.3) is 0 Å². The highest BCUT2D eigenvalue weighted by atomic mass is 127. The number of carbonyl (C=O) groups is 1. The number of benzene rings is 1. The highest BCUT2D eigenvalue weighted by molar-refractivity contribution is 14.0. The molecule has 0 aliphatic heterocycles. The van der Waals surface area contributed by atoms with Gasteiger partial charge < -0.3 is 16.0 Å². The smallest absolute Gasteiger partial charge is 0.239 e. The quantitative estimate of drug-likeness (QED) is 0.335. The Morgan fingerprint density at radius 2 is 1.69 bits per heavy atom. The second kappa shape index (κ2) is 11.4. The van der Waals surface area contributed by atoms with Gasteiger partial charge in [-0.05, 0) is 51.2 Å². The van der Waals surface area contributed by atoms with E-state index in [-0.39, 0.29) is 48.0 Å². The zero-order chi connectivity index (χ0) is 19.0. The van der Waals surface area contributed by atoms with Crippen molar-refractivity contribution in [2.45, 2.75) is 59.5 Å². The molecule has 0 spiro atoms. The summed E-state index contributed by atoms with van der Waals surface area (Å²) >= 11 is 0. The number of aliphatic imine (C=N–C) groups is 1. The highest BCUT2D eigenvalue weighted by Crippen LogP contribution is 2.15. The highest BCUT2D eigenvalue weighted by Gasteiger charge is 2.14. The van der Waals surface area contributed by atoms with Crippen LogP contribution in [-0.4, -0.2) is 31.0 Å². The summed E-state index contributed by atoms with van der Waals surface area (Å²) in [5.74, 6) is 1.22. The molecular weight excluding hydrogens is 439 g/mol. The SMILES string of the molecule is CN=C(NCC(=O)NC(C)(C)C)NC(C)c1ccc(CC(C)C)cc1.I. The molecular formula is C20H35IN4O. The first kappa shape index (κ1) is 24.7. The van der Waals surface area contributed by atoms with Gasteiger partial charge in [-0.1, -0.05) is 38.1 Å². The Bertz CT molecular complexity index is 576. The van der Waals surface area contributed by atoms with Crippen molar-refractivity contribution < 1.29 is 4.79 Å². The lowest BCUT2D eigenvalue weighted by Crippen LogP contribution is -2.48. The maximum Gasteiger partial charge on any atom is 0.239 e. The molecule has 26 heavy (non-hydrogen) atoms. The number of amides is 1. The molecule has 6 heteroatoms. The van der Waals surface area contributed by atoms with Crippen molar-refractivity contribution >= 4 is 35.8 Å². The number of hydrogen-bond donors (Lipinski definition) is 3. The van der Waals surface area contributed by atoms with Gasteiger partial charge in [-0.2, -0.15) is 0 Å². The number of hydrogen-bond acceptors (Lipinski definition) is 2. The number of carbonyl (C=O) groups excluding carboxylic acids is 1. The van der Waals surface area contributed by atoms with Crippen LogP contribution in [0.4, 0.5) is 0 Å². The standard InChI is InChI=1S/C20H34N4O.HI/c1-14(2)12-16-8-10-17(11-9-16)15(3)23-19(21-7)22-13-18(25)24-20(4,5)6;/h8-11,14-15H,12-13H2,1-7H3,(H,24,25)(H2,21,22,23);1H. The van der Waals surface area contributed by atoms with Gasteiger partial charge in [-0.25, -0.2) is 0 Å². The van der Waals surface area contributed by atoms with Gasteiger partial charge in [0.15, 0.2) is 5.96 Å². The van der Waals surface area contributed by atoms with Crippen molar-refractivity contribution in [2.24, 2.45) is 10.9 Å². The molecule has 3 N–H and O–H groups in total. The molecule has 1 rings (SSSR count). The molecule has 1 aromatic rings. The maximum absolute atomic E-state index is 11.9. The summed E-state index contributed by atoms with van der Waals surface area (Å²) in [5, 5.41) is 9.30. The van der Waals surface area contributed by atoms with Gasteiger partial charge in [-0.15, -0.1) is 24.0 Å². The summed E-state index contributed by atoms with van der Waals surface area (Å²) in [6.07, 6.45) is 1.09. The molecule has 0 aromatic heterocycles. The average molecular weight is 474 g/mol. The van der Waals surface area contributed by atoms with Crippen LogP contribution in [0, 0.1) is 5.92 Å². The lowest BCUT2D eigenvalue weighted by Gasteiger charge is -2.22. The number of nitrogens with zero attached hydrogens (tertiary/aromatic N) is 1. The minimum absolute atomic E-state index is 0. The first-order valence-corrected chi connectivity index (χ1v) is 8.97. The molecule has 0 aliphatic rings. The van der Waals surface area contributed by atoms with Crippen molar-refractivity contribution in [1.29, 1.82) is 0 Å². The zero-order valence-corrected chi connectivity index (χ0v) is 19.5. The van der Waals surface area contributed by atoms with Gasteiger partial charge >= 0.3 is 0 Å². The van der Waals surface area contributed by atoms with E-state index < -0.39 is 0 Å². The van der Waals surface area contributed by atoms with E-state index in [0.29, 0.717) is 11.9 Å². The predicted octanol–water partition coefficient (Wildman–Crippen LogP) is 3.64. The molecule has 0 fully saturated rings. The Morgan fingerprint density at radius 3 is 2.15 bits per heavy atom. The van der Waals surface area contributed by atoms with E-state index in [4.69, 9.17) is 0 Å². The van der Waals surface area contributed by atoms with Crippen LogP contribution >= 0.6 is 24.0 Å². The Morgan fingerprint density at radius 1 is 1.12 bits per heavy atom. The average Bonchev–Trinajstić information content (AvgIpc) is 2.49. The normalized spacial score (nSPS) is 13.0. The molecule has 0 bridgehead atoms. The van der Waals surface area contributed by atoms with Crippen LogP contribution in [0.3, 0.4) is 0 Å². The second-order valence-electron chi connectivity index (χ2n) is 7.93. The fourth-order valence-electron chi connectivity index (χ4n) is 2.52. The van der Waals surface area contributed by atoms with E-state index in [9.17, 15) is 4.79 Å². The van der Waals surface area contributed by atoms with Crippen molar-refractivity contribution in [3.63, 3.8) is 0 Å². The summed E-state index contributed by atoms with van der Waals surface area (Å²) in [6.45, 7) is 12.6. The Balaban J connectivity index is 0.00000625. The van der Waals surface area contributed by atoms with Gasteiger partial charge in [-0.3, -0.25) is 9.79 Å². The van der Waals surface area contributed by atoms with E-state index in [0.717, 1.165) is 6.42 Å². The fourth-order valence-corrected chi connectivity index (χ4v) is 2.52. The molecule has 1 unspecified atom stereocenters. The molecule has 1 atom stereocenters. The summed E-state index contributed by atoms with van der Waals surface area (Å²) in [6, 6.07) is 8.76. The van der Waals surface area contributed by atoms with Crippen LogP contribution in [0.15, 0.2) is 29.3 Å². The first-order valence-electron chi connectivity index (χ1n) is 8.97. The summed E-state index contributed by atoms with van der Waals surface area (Å²) < 4.78 is 0. The van der Waals surface area contributed by atoms with Gasteiger partial charge in [0.1, 0.15) is 0 Å². The van der Waals surface area contributed by atoms with E-state index in [1.165, 1.54) is 11.1 Å². The lowest BCUT2D eigenvalue weighted by atomic mass is 10.00. The predicted molar refractivity (Wildman–Crippen MR) is 121 cm³/mol. The maximum atomic E-state index is 11.9. The van der Waals surface area contributed by atoms with Crippen LogP contribution in [0.25, 0.3) is 0 Å². The van der Waals surface area contributed by atoms with Crippen LogP contribution < -0.4 is 16.0 Å². The second-order valence-corrected chi connectivity index (χ2v) is 7.93. The summed E-state index contributed by atoms with van der Waals surface area (Å²) in [5.41, 5.74) is 2.31. The molecule has 0 aliphatic carbocycles. The van der Waals surface area contributed by atoms with Crippen molar-refractivity contribution in [2.75, 3.05) is 13.6 Å². The zero-order valence-electron chi connectivity index (χ0n) is 17.1. The molecule has 5 nitrogen and oxygen atoms in total. The fraction of sp³-hybridized carbons (Fsp3) is 0.600. The minimum atomic E-state index is -0.235. The third kappa shape index (κ3) is 9.99. The Hall–Kier alpha value is -1.31. The van der Waals surface area contributed by atoms with E-state index in [1.807, 2.05) is 20.8 Å². The molecule has 1 aromatic carbocycles. The van der Waals surface area contributed by atoms with Gasteiger partial charge in [0.2, 0.25) is 5.91 Å². The van der Waals surface area contributed by atoms with Crippen LogP contribution in [-0.2, 0) is 11.2 Å². The number of nitrogens with one attached hydrogen (secondary N) is 3. The molecule has 0 saturated heterocycles. The number of halogens is 1. The molecule has 0 heterocycles.